The minimum absolute atomic E-state index is 0.0757. The van der Waals surface area contributed by atoms with Crippen LogP contribution >= 0.6 is 0 Å². The number of methoxy groups -OCH3 is 1. The van der Waals surface area contributed by atoms with Crippen molar-refractivity contribution in [3.63, 3.8) is 0 Å². The largest absolute Gasteiger partial charge is 0.493 e. The van der Waals surface area contributed by atoms with Crippen LogP contribution in [0.4, 0.5) is 14.5 Å². The van der Waals surface area contributed by atoms with E-state index in [-0.39, 0.29) is 29.9 Å². The van der Waals surface area contributed by atoms with Gasteiger partial charge in [0.25, 0.3) is 5.91 Å². The van der Waals surface area contributed by atoms with Crippen LogP contribution < -0.4 is 14.8 Å². The van der Waals surface area contributed by atoms with Crippen LogP contribution in [0.2, 0.25) is 0 Å². The Hall–Kier alpha value is -3.16. The van der Waals surface area contributed by atoms with E-state index in [2.05, 4.69) is 10.1 Å². The molecule has 0 saturated carbocycles. The molecule has 0 aliphatic carbocycles. The first-order valence-corrected chi connectivity index (χ1v) is 8.05. The molecule has 8 heteroatoms. The molecule has 0 spiro atoms. The number of hydrogen-bond donors (Lipinski definition) is 1. The van der Waals surface area contributed by atoms with Crippen molar-refractivity contribution in [1.29, 1.82) is 0 Å². The smallest absolute Gasteiger partial charge is 0.387 e. The van der Waals surface area contributed by atoms with Gasteiger partial charge in [0.15, 0.2) is 11.5 Å². The quantitative estimate of drug-likeness (QED) is 0.800. The lowest BCUT2D eigenvalue weighted by molar-refractivity contribution is -0.114. The molecule has 6 nitrogen and oxygen atoms in total. The van der Waals surface area contributed by atoms with Gasteiger partial charge in [-0.2, -0.15) is 8.78 Å². The van der Waals surface area contributed by atoms with Gasteiger partial charge < -0.3 is 19.7 Å². The van der Waals surface area contributed by atoms with E-state index in [4.69, 9.17) is 4.74 Å². The van der Waals surface area contributed by atoms with Crippen molar-refractivity contribution < 1.29 is 27.8 Å². The Bertz CT molecular complexity index is 827. The zero-order valence-corrected chi connectivity index (χ0v) is 15.2. The van der Waals surface area contributed by atoms with Crippen molar-refractivity contribution in [2.75, 3.05) is 19.5 Å². The molecule has 1 N–H and O–H groups in total. The molecule has 0 saturated heterocycles. The van der Waals surface area contributed by atoms with E-state index in [1.165, 1.54) is 31.1 Å². The molecule has 2 aromatic carbocycles. The number of alkyl halides is 2. The number of carbonyl (C=O) groups is 2. The van der Waals surface area contributed by atoms with Crippen LogP contribution in [0.1, 0.15) is 22.8 Å². The highest BCUT2D eigenvalue weighted by Gasteiger charge is 2.15. The molecule has 0 aromatic heterocycles. The van der Waals surface area contributed by atoms with Crippen LogP contribution in [0.25, 0.3) is 0 Å². The predicted octanol–water partition coefficient (Wildman–Crippen LogP) is 3.53. The summed E-state index contributed by atoms with van der Waals surface area (Å²) in [6, 6.07) is 11.1. The Morgan fingerprint density at radius 3 is 2.52 bits per heavy atom. The van der Waals surface area contributed by atoms with Gasteiger partial charge in [0.2, 0.25) is 5.91 Å². The van der Waals surface area contributed by atoms with Gasteiger partial charge >= 0.3 is 6.61 Å². The summed E-state index contributed by atoms with van der Waals surface area (Å²) in [5.74, 6) is -0.408. The molecular formula is C19H20F2N2O4. The summed E-state index contributed by atoms with van der Waals surface area (Å²) in [5, 5.41) is 2.62. The normalized spacial score (nSPS) is 10.4. The maximum Gasteiger partial charge on any atom is 0.387 e. The van der Waals surface area contributed by atoms with Crippen molar-refractivity contribution in [3.05, 3.63) is 53.6 Å². The fourth-order valence-electron chi connectivity index (χ4n) is 2.50. The SMILES string of the molecule is COc1cc(CN(C)C(=O)c2cccc(NC(C)=O)c2)ccc1OC(F)F. The maximum atomic E-state index is 12.6. The van der Waals surface area contributed by atoms with Crippen molar-refractivity contribution in [2.45, 2.75) is 20.1 Å². The number of rotatable bonds is 7. The molecule has 144 valence electrons. The summed E-state index contributed by atoms with van der Waals surface area (Å²) in [5.41, 5.74) is 1.62. The minimum atomic E-state index is -2.95. The molecule has 0 heterocycles. The first-order valence-electron chi connectivity index (χ1n) is 8.05. The first kappa shape index (κ1) is 20.2. The second-order valence-electron chi connectivity index (χ2n) is 5.79. The topological polar surface area (TPSA) is 67.9 Å². The molecule has 0 fully saturated rings. The third kappa shape index (κ3) is 5.67. The number of hydrogen-bond acceptors (Lipinski definition) is 4. The van der Waals surface area contributed by atoms with E-state index in [1.807, 2.05) is 0 Å². The van der Waals surface area contributed by atoms with Gasteiger partial charge in [-0.15, -0.1) is 0 Å². The zero-order chi connectivity index (χ0) is 20.0. The first-order chi connectivity index (χ1) is 12.8. The van der Waals surface area contributed by atoms with E-state index in [0.717, 1.165) is 0 Å². The Morgan fingerprint density at radius 2 is 1.89 bits per heavy atom. The molecule has 0 atom stereocenters. The lowest BCUT2D eigenvalue weighted by Crippen LogP contribution is -2.26. The number of anilines is 1. The van der Waals surface area contributed by atoms with E-state index in [0.29, 0.717) is 16.8 Å². The number of amides is 2. The van der Waals surface area contributed by atoms with Crippen LogP contribution in [0.5, 0.6) is 11.5 Å². The van der Waals surface area contributed by atoms with Crippen molar-refractivity contribution in [3.8, 4) is 11.5 Å². The monoisotopic (exact) mass is 378 g/mol. The van der Waals surface area contributed by atoms with Gasteiger partial charge in [0.1, 0.15) is 0 Å². The molecule has 0 unspecified atom stereocenters. The second-order valence-corrected chi connectivity index (χ2v) is 5.79. The molecule has 0 radical (unpaired) electrons. The van der Waals surface area contributed by atoms with Gasteiger partial charge in [0, 0.05) is 31.8 Å². The average molecular weight is 378 g/mol. The standard InChI is InChI=1S/C19H20F2N2O4/c1-12(24)22-15-6-4-5-14(10-15)18(25)23(2)11-13-7-8-16(27-19(20)21)17(9-13)26-3/h4-10,19H,11H2,1-3H3,(H,22,24). The van der Waals surface area contributed by atoms with Crippen LogP contribution in [0.3, 0.4) is 0 Å². The maximum absolute atomic E-state index is 12.6. The van der Waals surface area contributed by atoms with Gasteiger partial charge in [-0.25, -0.2) is 0 Å². The number of nitrogens with one attached hydrogen (secondary N) is 1. The van der Waals surface area contributed by atoms with Gasteiger partial charge in [0.05, 0.1) is 7.11 Å². The highest BCUT2D eigenvalue weighted by atomic mass is 19.3. The fourth-order valence-corrected chi connectivity index (χ4v) is 2.50. The second kappa shape index (κ2) is 8.98. The number of carbonyl (C=O) groups excluding carboxylic acids is 2. The fraction of sp³-hybridized carbons (Fsp3) is 0.263. The van der Waals surface area contributed by atoms with E-state index in [1.54, 1.807) is 37.4 Å². The Morgan fingerprint density at radius 1 is 1.15 bits per heavy atom. The molecule has 0 aliphatic heterocycles. The molecule has 0 bridgehead atoms. The van der Waals surface area contributed by atoms with Crippen LogP contribution in [-0.4, -0.2) is 37.5 Å². The van der Waals surface area contributed by atoms with E-state index in [9.17, 15) is 18.4 Å². The Kier molecular flexibility index (Phi) is 6.70. The van der Waals surface area contributed by atoms with Gasteiger partial charge in [-0.3, -0.25) is 9.59 Å². The van der Waals surface area contributed by atoms with Crippen molar-refractivity contribution >= 4 is 17.5 Å². The number of nitrogens with zero attached hydrogens (tertiary/aromatic N) is 1. The minimum Gasteiger partial charge on any atom is -0.493 e. The van der Waals surface area contributed by atoms with Crippen molar-refractivity contribution in [1.82, 2.24) is 4.90 Å². The molecule has 2 rings (SSSR count). The molecule has 0 aliphatic rings. The third-order valence-corrected chi connectivity index (χ3v) is 3.64. The predicted molar refractivity (Wildman–Crippen MR) is 96.2 cm³/mol. The zero-order valence-electron chi connectivity index (χ0n) is 15.2. The summed E-state index contributed by atoms with van der Waals surface area (Å²) in [6.07, 6.45) is 0. The number of ether oxygens (including phenoxy) is 2. The number of benzene rings is 2. The van der Waals surface area contributed by atoms with Crippen molar-refractivity contribution in [2.24, 2.45) is 0 Å². The highest BCUT2D eigenvalue weighted by molar-refractivity contribution is 5.96. The van der Waals surface area contributed by atoms with Crippen LogP contribution in [-0.2, 0) is 11.3 Å². The lowest BCUT2D eigenvalue weighted by atomic mass is 10.1. The molecule has 2 amide bonds. The number of halogens is 2. The summed E-state index contributed by atoms with van der Waals surface area (Å²) in [6.45, 7) is -1.34. The summed E-state index contributed by atoms with van der Waals surface area (Å²) >= 11 is 0. The summed E-state index contributed by atoms with van der Waals surface area (Å²) in [4.78, 5) is 25.2. The van der Waals surface area contributed by atoms with Gasteiger partial charge in [-0.05, 0) is 35.9 Å². The van der Waals surface area contributed by atoms with Crippen LogP contribution in [0.15, 0.2) is 42.5 Å². The molecule has 27 heavy (non-hydrogen) atoms. The van der Waals surface area contributed by atoms with Crippen LogP contribution in [0, 0.1) is 0 Å². The molecular weight excluding hydrogens is 358 g/mol. The average Bonchev–Trinajstić information content (AvgIpc) is 2.61. The van der Waals surface area contributed by atoms with Gasteiger partial charge in [-0.1, -0.05) is 12.1 Å². The van der Waals surface area contributed by atoms with E-state index >= 15 is 0 Å². The Balaban J connectivity index is 2.13. The highest BCUT2D eigenvalue weighted by Crippen LogP contribution is 2.30. The lowest BCUT2D eigenvalue weighted by Gasteiger charge is -2.19. The molecule has 2 aromatic rings. The summed E-state index contributed by atoms with van der Waals surface area (Å²) < 4.78 is 34.2. The summed E-state index contributed by atoms with van der Waals surface area (Å²) in [7, 11) is 2.96. The van der Waals surface area contributed by atoms with E-state index < -0.39 is 6.61 Å². The third-order valence-electron chi connectivity index (χ3n) is 3.64. The Labute approximate surface area is 155 Å².